The summed E-state index contributed by atoms with van der Waals surface area (Å²) >= 11 is 5.91. The zero-order valence-electron chi connectivity index (χ0n) is 20.0. The molecule has 1 unspecified atom stereocenters. The Morgan fingerprint density at radius 3 is 2.53 bits per heavy atom. The molecule has 1 amide bonds. The van der Waals surface area contributed by atoms with Crippen molar-refractivity contribution in [1.82, 2.24) is 15.3 Å². The van der Waals surface area contributed by atoms with Gasteiger partial charge in [0.05, 0.1) is 58.1 Å². The SMILES string of the molecule is COc1ccc2c(c1)N(CCF)C(CNC(=O)c1nc(Cl)c(N)nc1N)N2CCOCCOCCO. The largest absolute Gasteiger partial charge is 0.497 e. The minimum absolute atomic E-state index is 0.0500. The summed E-state index contributed by atoms with van der Waals surface area (Å²) in [6.07, 6.45) is -0.431. The maximum Gasteiger partial charge on any atom is 0.273 e. The Kier molecular flexibility index (Phi) is 10.1. The zero-order valence-corrected chi connectivity index (χ0v) is 20.7. The Bertz CT molecular complexity index is 1030. The molecule has 0 bridgehead atoms. The minimum atomic E-state index is -0.598. The van der Waals surface area contributed by atoms with E-state index in [9.17, 15) is 9.18 Å². The number of halogens is 2. The molecule has 1 atom stereocenters. The van der Waals surface area contributed by atoms with Crippen molar-refractivity contribution in [1.29, 1.82) is 0 Å². The van der Waals surface area contributed by atoms with Crippen LogP contribution in [0.2, 0.25) is 5.15 Å². The van der Waals surface area contributed by atoms with Crippen molar-refractivity contribution in [2.45, 2.75) is 6.17 Å². The van der Waals surface area contributed by atoms with Crippen LogP contribution < -0.4 is 31.3 Å². The van der Waals surface area contributed by atoms with Crippen molar-refractivity contribution < 1.29 is 28.5 Å². The van der Waals surface area contributed by atoms with Gasteiger partial charge in [0.15, 0.2) is 22.5 Å². The molecule has 0 radical (unpaired) electrons. The van der Waals surface area contributed by atoms with E-state index in [2.05, 4.69) is 15.3 Å². The number of nitrogens with zero attached hydrogens (tertiary/aromatic N) is 4. The van der Waals surface area contributed by atoms with E-state index in [4.69, 9.17) is 42.4 Å². The Balaban J connectivity index is 1.76. The number of ether oxygens (including phenoxy) is 3. The third kappa shape index (κ3) is 6.55. The fourth-order valence-corrected chi connectivity index (χ4v) is 4.00. The van der Waals surface area contributed by atoms with Gasteiger partial charge >= 0.3 is 0 Å². The van der Waals surface area contributed by atoms with Gasteiger partial charge in [0.1, 0.15) is 18.6 Å². The van der Waals surface area contributed by atoms with Crippen LogP contribution in [-0.4, -0.2) is 93.6 Å². The van der Waals surface area contributed by atoms with Gasteiger partial charge in [-0.05, 0) is 12.1 Å². The molecule has 2 heterocycles. The highest BCUT2D eigenvalue weighted by molar-refractivity contribution is 6.31. The highest BCUT2D eigenvalue weighted by atomic mass is 35.5. The molecular weight excluding hydrogens is 497 g/mol. The molecule has 12 nitrogen and oxygen atoms in total. The first-order valence-corrected chi connectivity index (χ1v) is 11.7. The molecule has 3 rings (SSSR count). The van der Waals surface area contributed by atoms with Crippen LogP contribution in [0.1, 0.15) is 10.5 Å². The molecule has 2 aromatic rings. The van der Waals surface area contributed by atoms with Crippen molar-refractivity contribution in [3.63, 3.8) is 0 Å². The number of aromatic nitrogens is 2. The lowest BCUT2D eigenvalue weighted by Gasteiger charge is -2.32. The van der Waals surface area contributed by atoms with Crippen LogP contribution in [0.25, 0.3) is 0 Å². The van der Waals surface area contributed by atoms with E-state index in [-0.39, 0.29) is 48.8 Å². The summed E-state index contributed by atoms with van der Waals surface area (Å²) in [5.74, 6) is -0.192. The summed E-state index contributed by atoms with van der Waals surface area (Å²) in [7, 11) is 1.56. The molecule has 1 aliphatic heterocycles. The lowest BCUT2D eigenvalue weighted by molar-refractivity contribution is 0.0349. The predicted octanol–water partition coefficient (Wildman–Crippen LogP) is 0.681. The van der Waals surface area contributed by atoms with E-state index in [0.717, 1.165) is 11.4 Å². The number of hydrogen-bond donors (Lipinski definition) is 4. The van der Waals surface area contributed by atoms with Gasteiger partial charge in [0.2, 0.25) is 0 Å². The summed E-state index contributed by atoms with van der Waals surface area (Å²) in [4.78, 5) is 24.5. The van der Waals surface area contributed by atoms with Gasteiger partial charge in [-0.3, -0.25) is 4.79 Å². The summed E-state index contributed by atoms with van der Waals surface area (Å²) < 4.78 is 29.8. The van der Waals surface area contributed by atoms with E-state index in [1.165, 1.54) is 0 Å². The number of carbonyl (C=O) groups is 1. The third-order valence-electron chi connectivity index (χ3n) is 5.50. The number of anilines is 4. The molecule has 14 heteroatoms. The number of methoxy groups -OCH3 is 1. The van der Waals surface area contributed by atoms with E-state index >= 15 is 0 Å². The summed E-state index contributed by atoms with van der Waals surface area (Å²) in [6, 6.07) is 5.53. The molecule has 0 aliphatic carbocycles. The molecule has 0 saturated carbocycles. The molecule has 1 aliphatic rings. The van der Waals surface area contributed by atoms with E-state index in [1.807, 2.05) is 28.0 Å². The smallest absolute Gasteiger partial charge is 0.273 e. The second kappa shape index (κ2) is 13.3. The molecule has 1 aromatic heterocycles. The Morgan fingerprint density at radius 1 is 1.11 bits per heavy atom. The second-order valence-electron chi connectivity index (χ2n) is 7.70. The number of amides is 1. The number of nitrogens with two attached hydrogens (primary N) is 2. The molecule has 0 fully saturated rings. The maximum atomic E-state index is 13.6. The number of carbonyl (C=O) groups excluding carboxylic acids is 1. The van der Waals surface area contributed by atoms with Gasteiger partial charge in [-0.1, -0.05) is 11.6 Å². The van der Waals surface area contributed by atoms with Crippen molar-refractivity contribution in [2.24, 2.45) is 0 Å². The monoisotopic (exact) mass is 527 g/mol. The molecule has 0 spiro atoms. The Morgan fingerprint density at radius 2 is 1.83 bits per heavy atom. The van der Waals surface area contributed by atoms with Gasteiger partial charge in [0, 0.05) is 19.2 Å². The van der Waals surface area contributed by atoms with E-state index < -0.39 is 18.7 Å². The average molecular weight is 528 g/mol. The molecule has 36 heavy (non-hydrogen) atoms. The maximum absolute atomic E-state index is 13.6. The minimum Gasteiger partial charge on any atom is -0.497 e. The molecular formula is C22H31ClFN7O5. The fraction of sp³-hybridized carbons (Fsp3) is 0.500. The zero-order chi connectivity index (χ0) is 26.1. The lowest BCUT2D eigenvalue weighted by Crippen LogP contribution is -2.52. The third-order valence-corrected chi connectivity index (χ3v) is 5.77. The number of rotatable bonds is 14. The van der Waals surface area contributed by atoms with Crippen LogP contribution in [0.5, 0.6) is 5.75 Å². The van der Waals surface area contributed by atoms with Gasteiger partial charge < -0.3 is 45.9 Å². The normalized spacial score (nSPS) is 14.7. The average Bonchev–Trinajstić information content (AvgIpc) is 3.15. The quantitative estimate of drug-likeness (QED) is 0.256. The van der Waals surface area contributed by atoms with Gasteiger partial charge in [-0.15, -0.1) is 0 Å². The summed E-state index contributed by atoms with van der Waals surface area (Å²) in [5.41, 5.74) is 12.9. The van der Waals surface area contributed by atoms with Crippen molar-refractivity contribution in [3.05, 3.63) is 29.0 Å². The Labute approximate surface area is 213 Å². The van der Waals surface area contributed by atoms with Crippen LogP contribution >= 0.6 is 11.6 Å². The van der Waals surface area contributed by atoms with Gasteiger partial charge in [-0.2, -0.15) is 0 Å². The summed E-state index contributed by atoms with van der Waals surface area (Å²) in [5, 5.41) is 11.4. The first-order chi connectivity index (χ1) is 17.4. The number of hydrogen-bond acceptors (Lipinski definition) is 11. The second-order valence-corrected chi connectivity index (χ2v) is 8.06. The van der Waals surface area contributed by atoms with Gasteiger partial charge in [0.25, 0.3) is 5.91 Å². The lowest BCUT2D eigenvalue weighted by atomic mass is 10.2. The number of nitrogen functional groups attached to an aromatic ring is 2. The first kappa shape index (κ1) is 27.5. The number of nitrogens with one attached hydrogen (secondary N) is 1. The standard InChI is InChI=1S/C22H31ClFN7O5/c1-34-14-2-3-15-16(12-14)30(5-4-24)17(31(15)6-8-35-10-11-36-9-7-32)13-27-22(33)18-20(25)29-21(26)19(23)28-18/h2-3,12,17,32H,4-11,13H2,1H3,(H,27,33)(H4,25,26,29). The van der Waals surface area contributed by atoms with Crippen LogP contribution in [0.4, 0.5) is 27.4 Å². The molecule has 6 N–H and O–H groups in total. The number of benzene rings is 1. The van der Waals surface area contributed by atoms with E-state index in [0.29, 0.717) is 32.1 Å². The Hall–Kier alpha value is -3.13. The van der Waals surface area contributed by atoms with Crippen LogP contribution in [0.15, 0.2) is 18.2 Å². The summed E-state index contributed by atoms with van der Waals surface area (Å²) in [6.45, 7) is 1.33. The van der Waals surface area contributed by atoms with Crippen molar-refractivity contribution in [2.75, 3.05) is 87.7 Å². The first-order valence-electron chi connectivity index (χ1n) is 11.3. The fourth-order valence-electron chi connectivity index (χ4n) is 3.87. The van der Waals surface area contributed by atoms with Crippen LogP contribution in [0.3, 0.4) is 0 Å². The highest BCUT2D eigenvalue weighted by Gasteiger charge is 2.36. The number of alkyl halides is 1. The van der Waals surface area contributed by atoms with Crippen LogP contribution in [-0.2, 0) is 9.47 Å². The van der Waals surface area contributed by atoms with Gasteiger partial charge in [-0.25, -0.2) is 14.4 Å². The highest BCUT2D eigenvalue weighted by Crippen LogP contribution is 2.41. The molecule has 198 valence electrons. The molecule has 0 saturated heterocycles. The van der Waals surface area contributed by atoms with Crippen LogP contribution in [0, 0.1) is 0 Å². The number of aliphatic hydroxyl groups is 1. The van der Waals surface area contributed by atoms with Crippen molar-refractivity contribution >= 4 is 40.5 Å². The topological polar surface area (TPSA) is 161 Å². The van der Waals surface area contributed by atoms with E-state index in [1.54, 1.807) is 7.11 Å². The molecule has 1 aromatic carbocycles. The number of aliphatic hydroxyl groups excluding tert-OH is 1. The van der Waals surface area contributed by atoms with Crippen molar-refractivity contribution in [3.8, 4) is 5.75 Å². The number of fused-ring (bicyclic) bond motifs is 1. The predicted molar refractivity (Wildman–Crippen MR) is 134 cm³/mol.